The number of benzene rings is 1. The molecule has 1 aromatic rings. The number of anilines is 1. The number of carbonyl (C=O) groups is 1. The molecule has 1 N–H and O–H groups in total. The van der Waals surface area contributed by atoms with E-state index in [2.05, 4.69) is 15.9 Å². The van der Waals surface area contributed by atoms with Crippen LogP contribution >= 0.6 is 15.9 Å². The van der Waals surface area contributed by atoms with Crippen molar-refractivity contribution in [2.45, 2.75) is 12.4 Å². The van der Waals surface area contributed by atoms with Crippen LogP contribution in [0.15, 0.2) is 22.7 Å². The van der Waals surface area contributed by atoms with Crippen LogP contribution in [0.3, 0.4) is 0 Å². The minimum atomic E-state index is -5.78. The SMILES string of the molecule is O=C(Nc1ccc(F)cc1Br)C(C(F)(F)F)C(F)(F)F. The normalized spacial score (nSPS) is 12.7. The van der Waals surface area contributed by atoms with Gasteiger partial charge in [0.1, 0.15) is 5.82 Å². The van der Waals surface area contributed by atoms with Crippen LogP contribution in [-0.4, -0.2) is 18.3 Å². The molecule has 0 bridgehead atoms. The van der Waals surface area contributed by atoms with Crippen molar-refractivity contribution >= 4 is 27.5 Å². The highest BCUT2D eigenvalue weighted by Gasteiger charge is 2.61. The number of hydrogen-bond acceptors (Lipinski definition) is 1. The summed E-state index contributed by atoms with van der Waals surface area (Å²) >= 11 is 2.71. The van der Waals surface area contributed by atoms with E-state index in [9.17, 15) is 35.5 Å². The molecule has 0 saturated heterocycles. The maximum Gasteiger partial charge on any atom is 0.409 e. The Hall–Kier alpha value is -1.32. The number of halogens is 8. The van der Waals surface area contributed by atoms with Gasteiger partial charge in [0.2, 0.25) is 11.8 Å². The molecule has 10 heteroatoms. The third-order valence-corrected chi connectivity index (χ3v) is 2.76. The summed E-state index contributed by atoms with van der Waals surface area (Å²) < 4.78 is 86.2. The van der Waals surface area contributed by atoms with Crippen molar-refractivity contribution in [1.29, 1.82) is 0 Å². The first-order chi connectivity index (χ1) is 8.93. The molecule has 0 atom stereocenters. The van der Waals surface area contributed by atoms with Gasteiger partial charge in [0.05, 0.1) is 5.69 Å². The van der Waals surface area contributed by atoms with Crippen molar-refractivity contribution in [3.63, 3.8) is 0 Å². The summed E-state index contributed by atoms with van der Waals surface area (Å²) in [5, 5.41) is 1.46. The molecule has 0 spiro atoms. The largest absolute Gasteiger partial charge is 0.409 e. The van der Waals surface area contributed by atoms with Gasteiger partial charge in [0, 0.05) is 4.47 Å². The van der Waals surface area contributed by atoms with Crippen LogP contribution in [0.4, 0.5) is 36.4 Å². The number of amides is 1. The van der Waals surface area contributed by atoms with Crippen LogP contribution in [0, 0.1) is 11.7 Å². The van der Waals surface area contributed by atoms with Gasteiger partial charge in [-0.25, -0.2) is 4.39 Å². The molecule has 0 aliphatic heterocycles. The van der Waals surface area contributed by atoms with Gasteiger partial charge in [0.25, 0.3) is 0 Å². The predicted octanol–water partition coefficient (Wildman–Crippen LogP) is 4.27. The van der Waals surface area contributed by atoms with E-state index in [4.69, 9.17) is 0 Å². The Morgan fingerprint density at radius 3 is 2.00 bits per heavy atom. The molecule has 0 fully saturated rings. The van der Waals surface area contributed by atoms with Crippen molar-refractivity contribution in [1.82, 2.24) is 0 Å². The van der Waals surface area contributed by atoms with Gasteiger partial charge >= 0.3 is 12.4 Å². The molecule has 0 aromatic heterocycles. The van der Waals surface area contributed by atoms with Gasteiger partial charge in [-0.1, -0.05) is 0 Å². The van der Waals surface area contributed by atoms with Crippen LogP contribution in [0.25, 0.3) is 0 Å². The fourth-order valence-electron chi connectivity index (χ4n) is 1.28. The molecule has 0 aliphatic carbocycles. The highest BCUT2D eigenvalue weighted by atomic mass is 79.9. The Labute approximate surface area is 116 Å². The molecule has 20 heavy (non-hydrogen) atoms. The third-order valence-electron chi connectivity index (χ3n) is 2.11. The van der Waals surface area contributed by atoms with Crippen LogP contribution in [-0.2, 0) is 4.79 Å². The molecule has 1 amide bonds. The highest BCUT2D eigenvalue weighted by Crippen LogP contribution is 2.40. The Kier molecular flexibility index (Phi) is 4.67. The van der Waals surface area contributed by atoms with Crippen molar-refractivity contribution in [2.24, 2.45) is 5.92 Å². The van der Waals surface area contributed by atoms with E-state index in [0.717, 1.165) is 18.2 Å². The summed E-state index contributed by atoms with van der Waals surface area (Å²) in [6.45, 7) is 0. The van der Waals surface area contributed by atoms with Crippen LogP contribution < -0.4 is 5.32 Å². The van der Waals surface area contributed by atoms with Gasteiger partial charge in [-0.15, -0.1) is 0 Å². The third kappa shape index (κ3) is 4.09. The molecule has 0 heterocycles. The van der Waals surface area contributed by atoms with Crippen molar-refractivity contribution in [3.05, 3.63) is 28.5 Å². The minimum Gasteiger partial charge on any atom is -0.324 e. The summed E-state index contributed by atoms with van der Waals surface area (Å²) in [6, 6.07) is 2.39. The van der Waals surface area contributed by atoms with E-state index in [-0.39, 0.29) is 4.47 Å². The second kappa shape index (κ2) is 5.58. The van der Waals surface area contributed by atoms with E-state index in [1.807, 2.05) is 0 Å². The van der Waals surface area contributed by atoms with E-state index in [0.29, 0.717) is 0 Å². The van der Waals surface area contributed by atoms with Crippen LogP contribution in [0.5, 0.6) is 0 Å². The zero-order valence-corrected chi connectivity index (χ0v) is 10.8. The zero-order chi connectivity index (χ0) is 15.7. The van der Waals surface area contributed by atoms with Crippen molar-refractivity contribution < 1.29 is 35.5 Å². The number of rotatable bonds is 2. The lowest BCUT2D eigenvalue weighted by Gasteiger charge is -2.22. The lowest BCUT2D eigenvalue weighted by Crippen LogP contribution is -2.45. The molecule has 0 unspecified atom stereocenters. The van der Waals surface area contributed by atoms with Crippen molar-refractivity contribution in [3.8, 4) is 0 Å². The quantitative estimate of drug-likeness (QED) is 0.777. The Balaban J connectivity index is 3.04. The van der Waals surface area contributed by atoms with E-state index in [1.165, 1.54) is 5.32 Å². The smallest absolute Gasteiger partial charge is 0.324 e. The minimum absolute atomic E-state index is 0.186. The molecule has 112 valence electrons. The maximum absolute atomic E-state index is 12.7. The Morgan fingerprint density at radius 1 is 1.10 bits per heavy atom. The van der Waals surface area contributed by atoms with E-state index >= 15 is 0 Å². The molecule has 1 rings (SSSR count). The zero-order valence-electron chi connectivity index (χ0n) is 9.24. The van der Waals surface area contributed by atoms with Crippen LogP contribution in [0.2, 0.25) is 0 Å². The molecule has 2 nitrogen and oxygen atoms in total. The molecule has 0 saturated carbocycles. The average Bonchev–Trinajstić information content (AvgIpc) is 2.17. The average molecular weight is 368 g/mol. The fraction of sp³-hybridized carbons (Fsp3) is 0.300. The fourth-order valence-corrected chi connectivity index (χ4v) is 1.73. The Morgan fingerprint density at radius 2 is 1.60 bits per heavy atom. The second-order valence-corrected chi connectivity index (χ2v) is 4.48. The van der Waals surface area contributed by atoms with Crippen molar-refractivity contribution in [2.75, 3.05) is 5.32 Å². The number of carbonyl (C=O) groups excluding carboxylic acids is 1. The van der Waals surface area contributed by atoms with Gasteiger partial charge in [0.15, 0.2) is 0 Å². The van der Waals surface area contributed by atoms with Gasteiger partial charge in [-0.2, -0.15) is 26.3 Å². The Bertz CT molecular complexity index is 497. The van der Waals surface area contributed by atoms with Gasteiger partial charge < -0.3 is 5.32 Å². The number of alkyl halides is 6. The summed E-state index contributed by atoms with van der Waals surface area (Å²) in [4.78, 5) is 11.2. The van der Waals surface area contributed by atoms with Gasteiger partial charge in [-0.3, -0.25) is 4.79 Å². The first kappa shape index (κ1) is 16.7. The second-order valence-electron chi connectivity index (χ2n) is 3.63. The summed E-state index contributed by atoms with van der Waals surface area (Å²) in [6.07, 6.45) is -11.6. The van der Waals surface area contributed by atoms with E-state index in [1.54, 1.807) is 0 Å². The van der Waals surface area contributed by atoms with Gasteiger partial charge in [-0.05, 0) is 34.1 Å². The molecule has 0 radical (unpaired) electrons. The first-order valence-corrected chi connectivity index (χ1v) is 5.61. The molecule has 0 aliphatic rings. The van der Waals surface area contributed by atoms with E-state index < -0.39 is 35.7 Å². The number of hydrogen-bond donors (Lipinski definition) is 1. The monoisotopic (exact) mass is 367 g/mol. The molecular formula is C10H5BrF7NO. The highest BCUT2D eigenvalue weighted by molar-refractivity contribution is 9.10. The molecule has 1 aromatic carbocycles. The number of nitrogens with one attached hydrogen (secondary N) is 1. The topological polar surface area (TPSA) is 29.1 Å². The lowest BCUT2D eigenvalue weighted by molar-refractivity contribution is -0.272. The first-order valence-electron chi connectivity index (χ1n) is 4.82. The summed E-state index contributed by atoms with van der Waals surface area (Å²) in [5.74, 6) is -7.23. The molecular weight excluding hydrogens is 363 g/mol. The predicted molar refractivity (Wildman–Crippen MR) is 58.3 cm³/mol. The lowest BCUT2D eigenvalue weighted by atomic mass is 10.1. The standard InChI is InChI=1S/C10H5BrF7NO/c11-5-3-4(12)1-2-6(5)19-8(20)7(9(13,14)15)10(16,17)18/h1-3,7H,(H,19,20). The van der Waals surface area contributed by atoms with Crippen LogP contribution in [0.1, 0.15) is 0 Å². The summed E-state index contributed by atoms with van der Waals surface area (Å²) in [5.41, 5.74) is -0.408. The summed E-state index contributed by atoms with van der Waals surface area (Å²) in [7, 11) is 0. The maximum atomic E-state index is 12.7.